The molecule has 30 heavy (non-hydrogen) atoms. The van der Waals surface area contributed by atoms with Gasteiger partial charge in [0.2, 0.25) is 5.95 Å². The minimum Gasteiger partial charge on any atom is -0.369 e. The molecule has 0 aromatic carbocycles. The Kier molecular flexibility index (Phi) is 4.50. The molecular weight excluding hydrogens is 415 g/mol. The van der Waals surface area contributed by atoms with E-state index in [0.717, 1.165) is 25.7 Å². The Morgan fingerprint density at radius 1 is 1.47 bits per heavy atom. The first-order valence-electron chi connectivity index (χ1n) is 9.73. The van der Waals surface area contributed by atoms with Gasteiger partial charge in [0.25, 0.3) is 5.56 Å². The highest BCUT2D eigenvalue weighted by Gasteiger charge is 2.61. The van der Waals surface area contributed by atoms with Gasteiger partial charge >= 0.3 is 7.82 Å². The molecule has 2 aromatic rings. The number of nitriles is 1. The van der Waals surface area contributed by atoms with E-state index in [9.17, 15) is 14.6 Å². The number of phosphoric acid groups is 1. The van der Waals surface area contributed by atoms with Gasteiger partial charge in [-0.25, -0.2) is 9.55 Å². The maximum absolute atomic E-state index is 13.1. The van der Waals surface area contributed by atoms with Crippen molar-refractivity contribution in [3.63, 3.8) is 0 Å². The van der Waals surface area contributed by atoms with Crippen LogP contribution in [0.15, 0.2) is 11.1 Å². The predicted octanol–water partition coefficient (Wildman–Crippen LogP) is 1.61. The van der Waals surface area contributed by atoms with E-state index in [1.54, 1.807) is 6.92 Å². The summed E-state index contributed by atoms with van der Waals surface area (Å²) in [5.74, 6) is -0.0858. The number of fused-ring (bicyclic) bond motifs is 2. The number of nitrogens with one attached hydrogen (secondary N) is 1. The number of ether oxygens (including phenoxy) is 1. The Labute approximate surface area is 170 Å². The van der Waals surface area contributed by atoms with Crippen molar-refractivity contribution in [1.29, 1.82) is 5.26 Å². The molecule has 5 unspecified atom stereocenters. The van der Waals surface area contributed by atoms with E-state index in [2.05, 4.69) is 21.0 Å². The summed E-state index contributed by atoms with van der Waals surface area (Å²) in [5.41, 5.74) is 4.13. The van der Waals surface area contributed by atoms with Crippen LogP contribution < -0.4 is 11.3 Å². The van der Waals surface area contributed by atoms with Crippen LogP contribution in [-0.2, 0) is 22.9 Å². The number of nitrogen functional groups attached to an aromatic ring is 1. The van der Waals surface area contributed by atoms with Crippen molar-refractivity contribution in [2.24, 2.45) is 5.41 Å². The van der Waals surface area contributed by atoms with Crippen LogP contribution in [0.4, 0.5) is 5.95 Å². The fourth-order valence-electron chi connectivity index (χ4n) is 4.36. The van der Waals surface area contributed by atoms with Crippen LogP contribution in [0.25, 0.3) is 11.2 Å². The third-order valence-corrected chi connectivity index (χ3v) is 7.42. The molecule has 2 saturated heterocycles. The van der Waals surface area contributed by atoms with Crippen LogP contribution in [0.5, 0.6) is 0 Å². The van der Waals surface area contributed by atoms with Gasteiger partial charge in [0.1, 0.15) is 17.6 Å². The van der Waals surface area contributed by atoms with Crippen molar-refractivity contribution in [2.45, 2.75) is 57.1 Å². The van der Waals surface area contributed by atoms with Crippen LogP contribution in [0.3, 0.4) is 0 Å². The summed E-state index contributed by atoms with van der Waals surface area (Å²) in [5, 5.41) is 10.0. The summed E-state index contributed by atoms with van der Waals surface area (Å²) in [6.45, 7) is 1.58. The van der Waals surface area contributed by atoms with Gasteiger partial charge in [0.05, 0.1) is 25.1 Å². The minimum absolute atomic E-state index is 0.0504. The van der Waals surface area contributed by atoms with E-state index < -0.39 is 37.2 Å². The third-order valence-electron chi connectivity index (χ3n) is 5.91. The topological polar surface area (TPSA) is 167 Å². The van der Waals surface area contributed by atoms with Crippen molar-refractivity contribution < 1.29 is 22.9 Å². The zero-order chi connectivity index (χ0) is 21.1. The first kappa shape index (κ1) is 19.7. The SMILES string of the molecule is CC1(C#N)C2OP(=O)(OC3CCCC3)OCC2OC1n1cnc2c(=O)[nH]c(N)nc21. The molecule has 2 aliphatic heterocycles. The maximum atomic E-state index is 13.1. The van der Waals surface area contributed by atoms with E-state index in [0.29, 0.717) is 0 Å². The molecule has 12 nitrogen and oxygen atoms in total. The lowest BCUT2D eigenvalue weighted by molar-refractivity contribution is -0.0745. The molecule has 5 atom stereocenters. The quantitative estimate of drug-likeness (QED) is 0.674. The summed E-state index contributed by atoms with van der Waals surface area (Å²) in [4.78, 5) is 22.7. The minimum atomic E-state index is -3.84. The first-order chi connectivity index (χ1) is 14.3. The molecule has 0 spiro atoms. The fourth-order valence-corrected chi connectivity index (χ4v) is 6.07. The zero-order valence-electron chi connectivity index (χ0n) is 16.2. The molecule has 160 valence electrons. The van der Waals surface area contributed by atoms with Crippen LogP contribution in [-0.4, -0.2) is 44.4 Å². The molecule has 0 bridgehead atoms. The van der Waals surface area contributed by atoms with Gasteiger partial charge in [-0.05, 0) is 19.8 Å². The Morgan fingerprint density at radius 3 is 2.97 bits per heavy atom. The molecule has 0 radical (unpaired) electrons. The highest BCUT2D eigenvalue weighted by molar-refractivity contribution is 7.48. The summed E-state index contributed by atoms with van der Waals surface area (Å²) >= 11 is 0. The number of aromatic nitrogens is 4. The Morgan fingerprint density at radius 2 is 2.23 bits per heavy atom. The van der Waals surface area contributed by atoms with E-state index in [1.807, 2.05) is 0 Å². The number of phosphoric ester groups is 1. The second-order valence-corrected chi connectivity index (χ2v) is 9.55. The normalized spacial score (nSPS) is 36.7. The molecule has 1 saturated carbocycles. The zero-order valence-corrected chi connectivity index (χ0v) is 17.1. The van der Waals surface area contributed by atoms with Crippen LogP contribution in [0.1, 0.15) is 38.8 Å². The highest BCUT2D eigenvalue weighted by atomic mass is 31.2. The van der Waals surface area contributed by atoms with Crippen LogP contribution in [0, 0.1) is 16.7 Å². The van der Waals surface area contributed by atoms with Crippen molar-refractivity contribution >= 4 is 24.9 Å². The molecule has 0 amide bonds. The predicted molar refractivity (Wildman–Crippen MR) is 102 cm³/mol. The summed E-state index contributed by atoms with van der Waals surface area (Å²) < 4.78 is 37.5. The number of anilines is 1. The van der Waals surface area contributed by atoms with Crippen molar-refractivity contribution in [2.75, 3.05) is 12.3 Å². The lowest BCUT2D eigenvalue weighted by Gasteiger charge is -2.35. The number of nitrogens with zero attached hydrogens (tertiary/aromatic N) is 4. The second kappa shape index (κ2) is 6.87. The smallest absolute Gasteiger partial charge is 0.369 e. The monoisotopic (exact) mass is 436 g/mol. The average Bonchev–Trinajstić information content (AvgIpc) is 3.41. The number of aromatic amines is 1. The molecular formula is C17H21N6O6P. The van der Waals surface area contributed by atoms with E-state index in [-0.39, 0.29) is 29.8 Å². The molecule has 3 fully saturated rings. The Hall–Kier alpha value is -2.29. The molecule has 2 aromatic heterocycles. The van der Waals surface area contributed by atoms with Gasteiger partial charge in [-0.3, -0.25) is 27.9 Å². The van der Waals surface area contributed by atoms with Crippen molar-refractivity contribution in [1.82, 2.24) is 19.5 Å². The van der Waals surface area contributed by atoms with Crippen molar-refractivity contribution in [3.05, 3.63) is 16.7 Å². The van der Waals surface area contributed by atoms with E-state index in [4.69, 9.17) is 24.0 Å². The van der Waals surface area contributed by atoms with Crippen LogP contribution in [0.2, 0.25) is 0 Å². The molecule has 1 aliphatic carbocycles. The van der Waals surface area contributed by atoms with E-state index in [1.165, 1.54) is 10.9 Å². The van der Waals surface area contributed by atoms with Crippen molar-refractivity contribution in [3.8, 4) is 6.07 Å². The average molecular weight is 436 g/mol. The van der Waals surface area contributed by atoms with Gasteiger partial charge in [-0.15, -0.1) is 0 Å². The molecule has 3 aliphatic rings. The lowest BCUT2D eigenvalue weighted by atomic mass is 9.84. The second-order valence-electron chi connectivity index (χ2n) is 7.98. The summed E-state index contributed by atoms with van der Waals surface area (Å²) in [7, 11) is -3.84. The van der Waals surface area contributed by atoms with Crippen LogP contribution >= 0.6 is 7.82 Å². The largest absolute Gasteiger partial charge is 0.475 e. The lowest BCUT2D eigenvalue weighted by Crippen LogP contribution is -2.42. The van der Waals surface area contributed by atoms with Gasteiger partial charge in [0, 0.05) is 0 Å². The molecule has 3 N–H and O–H groups in total. The standard InChI is InChI=1S/C17H21N6O6P/c1-17(7-18)12-10(6-26-30(25,29-12)28-9-4-2-3-5-9)27-15(17)23-8-20-11-13(23)21-16(19)22-14(11)24/h8-10,12,15H,2-6H2,1H3,(H3,19,21,22,24). The number of rotatable bonds is 3. The molecule has 5 rings (SSSR count). The molecule has 4 heterocycles. The van der Waals surface area contributed by atoms with Gasteiger partial charge in [-0.1, -0.05) is 12.8 Å². The van der Waals surface area contributed by atoms with Gasteiger partial charge in [0.15, 0.2) is 17.4 Å². The van der Waals surface area contributed by atoms with Gasteiger partial charge < -0.3 is 10.5 Å². The van der Waals surface area contributed by atoms with Gasteiger partial charge in [-0.2, -0.15) is 10.2 Å². The third kappa shape index (κ3) is 2.97. The fraction of sp³-hybridized carbons (Fsp3) is 0.647. The van der Waals surface area contributed by atoms with E-state index >= 15 is 0 Å². The number of H-pyrrole nitrogens is 1. The Bertz CT molecular complexity index is 1140. The number of nitrogens with two attached hydrogens (primary N) is 1. The number of hydrogen-bond donors (Lipinski definition) is 2. The maximum Gasteiger partial charge on any atom is 0.475 e. The Balaban J connectivity index is 1.49. The number of imidazole rings is 1. The first-order valence-corrected chi connectivity index (χ1v) is 11.2. The highest BCUT2D eigenvalue weighted by Crippen LogP contribution is 2.62. The summed E-state index contributed by atoms with van der Waals surface area (Å²) in [6, 6.07) is 2.23. The molecule has 13 heteroatoms. The summed E-state index contributed by atoms with van der Waals surface area (Å²) in [6.07, 6.45) is 2.31. The number of hydrogen-bond acceptors (Lipinski definition) is 10.